The number of pyridine rings is 1. The monoisotopic (exact) mass is 639 g/mol. The van der Waals surface area contributed by atoms with Crippen molar-refractivity contribution in [3.8, 4) is 11.5 Å². The maximum atomic E-state index is 13.9. The third kappa shape index (κ3) is 6.07. The van der Waals surface area contributed by atoms with Crippen LogP contribution >= 0.6 is 0 Å². The Morgan fingerprint density at radius 3 is 2.47 bits per heavy atom. The van der Waals surface area contributed by atoms with Crippen LogP contribution in [-0.4, -0.2) is 94.6 Å². The molecule has 2 aromatic heterocycles. The molecule has 47 heavy (non-hydrogen) atoms. The zero-order valence-corrected chi connectivity index (χ0v) is 27.0. The van der Waals surface area contributed by atoms with Gasteiger partial charge in [0.05, 0.1) is 23.4 Å². The number of hydrogen-bond donors (Lipinski definition) is 1. The van der Waals surface area contributed by atoms with E-state index in [1.54, 1.807) is 11.9 Å². The van der Waals surface area contributed by atoms with Crippen LogP contribution in [0.2, 0.25) is 0 Å². The van der Waals surface area contributed by atoms with E-state index in [2.05, 4.69) is 16.1 Å². The molecule has 0 unspecified atom stereocenters. The van der Waals surface area contributed by atoms with Crippen LogP contribution in [0.1, 0.15) is 48.9 Å². The van der Waals surface area contributed by atoms with Crippen molar-refractivity contribution in [1.82, 2.24) is 24.6 Å². The summed E-state index contributed by atoms with van der Waals surface area (Å²) in [5, 5.41) is 12.9. The Balaban J connectivity index is 0.946. The van der Waals surface area contributed by atoms with Crippen molar-refractivity contribution in [1.29, 1.82) is 5.41 Å². The molecule has 3 saturated heterocycles. The van der Waals surface area contributed by atoms with E-state index in [1.807, 2.05) is 48.2 Å². The largest absolute Gasteiger partial charge is 0.437 e. The van der Waals surface area contributed by atoms with Crippen LogP contribution in [0.25, 0.3) is 17.0 Å². The third-order valence-electron chi connectivity index (χ3n) is 10.3. The second kappa shape index (κ2) is 12.6. The Hall–Kier alpha value is -4.42. The lowest BCUT2D eigenvalue weighted by molar-refractivity contribution is -0.132. The van der Waals surface area contributed by atoms with E-state index >= 15 is 0 Å². The van der Waals surface area contributed by atoms with Crippen molar-refractivity contribution in [3.05, 3.63) is 69.8 Å². The first-order valence-corrected chi connectivity index (χ1v) is 16.5. The molecule has 2 amide bonds. The second-order valence-corrected chi connectivity index (χ2v) is 13.3. The zero-order chi connectivity index (χ0) is 32.7. The number of carbonyl (C=O) groups excluding carboxylic acids is 2. The molecule has 0 radical (unpaired) electrons. The molecule has 7 rings (SSSR count). The topological polar surface area (TPSA) is 138 Å². The molecule has 6 heterocycles. The van der Waals surface area contributed by atoms with Gasteiger partial charge in [-0.05, 0) is 80.5 Å². The molecule has 1 aromatic carbocycles. The van der Waals surface area contributed by atoms with Gasteiger partial charge >= 0.3 is 5.76 Å². The first-order valence-electron chi connectivity index (χ1n) is 16.5. The van der Waals surface area contributed by atoms with E-state index in [9.17, 15) is 14.4 Å². The van der Waals surface area contributed by atoms with Gasteiger partial charge in [-0.25, -0.2) is 9.78 Å². The van der Waals surface area contributed by atoms with E-state index < -0.39 is 11.2 Å². The molecule has 1 atom stereocenters. The lowest BCUT2D eigenvalue weighted by Gasteiger charge is -2.29. The van der Waals surface area contributed by atoms with Gasteiger partial charge in [-0.2, -0.15) is 4.68 Å². The molecule has 12 heteroatoms. The SMILES string of the molecule is Cc1ccc(N2CC[C@]3(CCN(CC(=O)N4CC=C(c5ccc(-c6nn(C)c(=O)o6)cc5)CC4)C3)C2=O)nc1C(=N)C1CCOCC1. The Labute approximate surface area is 273 Å². The van der Waals surface area contributed by atoms with Crippen LogP contribution in [0.5, 0.6) is 0 Å². The summed E-state index contributed by atoms with van der Waals surface area (Å²) in [6, 6.07) is 11.6. The standard InChI is InChI=1S/C35H41N7O5/c1-23-3-8-28(37-31(23)30(36)26-11-19-46-20-12-26)42-18-14-35(33(42)44)13-17-40(22-35)21-29(43)41-15-9-25(10-16-41)24-4-6-27(7-5-24)32-38-39(2)34(45)47-32/h3-9,26,36H,10-22H2,1-2H3/t35-/m0/s1. The molecule has 4 aliphatic rings. The Kier molecular flexibility index (Phi) is 8.39. The highest BCUT2D eigenvalue weighted by Crippen LogP contribution is 2.42. The average Bonchev–Trinajstić information content (AvgIpc) is 3.77. The van der Waals surface area contributed by atoms with Gasteiger partial charge < -0.3 is 19.5 Å². The van der Waals surface area contributed by atoms with Gasteiger partial charge in [-0.3, -0.25) is 19.4 Å². The van der Waals surface area contributed by atoms with Crippen molar-refractivity contribution in [2.24, 2.45) is 18.4 Å². The van der Waals surface area contributed by atoms with Gasteiger partial charge in [0.25, 0.3) is 0 Å². The minimum Gasteiger partial charge on any atom is -0.388 e. The summed E-state index contributed by atoms with van der Waals surface area (Å²) in [6.07, 6.45) is 5.96. The molecule has 0 bridgehead atoms. The fourth-order valence-electron chi connectivity index (χ4n) is 7.37. The second-order valence-electron chi connectivity index (χ2n) is 13.3. The highest BCUT2D eigenvalue weighted by molar-refractivity contribution is 6.02. The highest BCUT2D eigenvalue weighted by atomic mass is 16.5. The third-order valence-corrected chi connectivity index (χ3v) is 10.3. The van der Waals surface area contributed by atoms with Crippen LogP contribution in [0.3, 0.4) is 0 Å². The quantitative estimate of drug-likeness (QED) is 0.389. The molecule has 1 N–H and O–H groups in total. The summed E-state index contributed by atoms with van der Waals surface area (Å²) in [4.78, 5) is 49.5. The number of nitrogens with zero attached hydrogens (tertiary/aromatic N) is 6. The lowest BCUT2D eigenvalue weighted by atomic mass is 9.85. The number of carbonyl (C=O) groups is 2. The maximum Gasteiger partial charge on any atom is 0.437 e. The van der Waals surface area contributed by atoms with Crippen molar-refractivity contribution >= 4 is 28.9 Å². The number of ether oxygens (including phenoxy) is 1. The summed E-state index contributed by atoms with van der Waals surface area (Å²) in [7, 11) is 1.55. The van der Waals surface area contributed by atoms with Crippen LogP contribution < -0.4 is 10.7 Å². The molecule has 0 aliphatic carbocycles. The predicted molar refractivity (Wildman–Crippen MR) is 176 cm³/mol. The normalized spacial score (nSPS) is 22.3. The zero-order valence-electron chi connectivity index (χ0n) is 27.0. The lowest BCUT2D eigenvalue weighted by Crippen LogP contribution is -2.43. The number of nitrogens with one attached hydrogen (secondary N) is 1. The average molecular weight is 640 g/mol. The van der Waals surface area contributed by atoms with Crippen molar-refractivity contribution < 1.29 is 18.7 Å². The van der Waals surface area contributed by atoms with Crippen molar-refractivity contribution in [3.63, 3.8) is 0 Å². The smallest absolute Gasteiger partial charge is 0.388 e. The molecule has 0 saturated carbocycles. The molecule has 4 aliphatic heterocycles. The van der Waals surface area contributed by atoms with Crippen molar-refractivity contribution in [2.75, 3.05) is 57.4 Å². The molecule has 3 aromatic rings. The number of aryl methyl sites for hydroxylation is 2. The Morgan fingerprint density at radius 1 is 1.02 bits per heavy atom. The molecular weight excluding hydrogens is 598 g/mol. The Bertz CT molecular complexity index is 1790. The summed E-state index contributed by atoms with van der Waals surface area (Å²) in [5.74, 6) is 0.697. The van der Waals surface area contributed by atoms with Gasteiger partial charge in [-0.1, -0.05) is 24.3 Å². The number of anilines is 1. The van der Waals surface area contributed by atoms with E-state index in [0.717, 1.165) is 48.8 Å². The van der Waals surface area contributed by atoms with Crippen LogP contribution in [0, 0.1) is 23.7 Å². The van der Waals surface area contributed by atoms with E-state index in [-0.39, 0.29) is 23.6 Å². The molecule has 1 spiro atoms. The highest BCUT2D eigenvalue weighted by Gasteiger charge is 2.51. The van der Waals surface area contributed by atoms with E-state index in [4.69, 9.17) is 19.5 Å². The minimum atomic E-state index is -0.500. The number of amides is 2. The Morgan fingerprint density at radius 2 is 1.77 bits per heavy atom. The minimum absolute atomic E-state index is 0.0779. The molecular formula is C35H41N7O5. The van der Waals surface area contributed by atoms with Gasteiger partial charge in [0.15, 0.2) is 0 Å². The first-order chi connectivity index (χ1) is 22.7. The van der Waals surface area contributed by atoms with Crippen molar-refractivity contribution in [2.45, 2.75) is 39.0 Å². The van der Waals surface area contributed by atoms with Crippen LogP contribution in [-0.2, 0) is 21.4 Å². The summed E-state index contributed by atoms with van der Waals surface area (Å²) >= 11 is 0. The van der Waals surface area contributed by atoms with Gasteiger partial charge in [0.1, 0.15) is 5.82 Å². The molecule has 12 nitrogen and oxygen atoms in total. The number of rotatable bonds is 7. The number of benzene rings is 1. The van der Waals surface area contributed by atoms with Gasteiger partial charge in [0, 0.05) is 57.9 Å². The fourth-order valence-corrected chi connectivity index (χ4v) is 7.37. The van der Waals surface area contributed by atoms with Gasteiger partial charge in [0.2, 0.25) is 17.7 Å². The first kappa shape index (κ1) is 31.2. The number of aromatic nitrogens is 3. The van der Waals surface area contributed by atoms with E-state index in [0.29, 0.717) is 69.7 Å². The fraction of sp³-hybridized carbons (Fsp3) is 0.486. The maximum absolute atomic E-state index is 13.9. The summed E-state index contributed by atoms with van der Waals surface area (Å²) < 4.78 is 11.8. The van der Waals surface area contributed by atoms with E-state index in [1.165, 1.54) is 10.3 Å². The predicted octanol–water partition coefficient (Wildman–Crippen LogP) is 3.28. The number of hydrogen-bond acceptors (Lipinski definition) is 9. The number of likely N-dealkylation sites (tertiary alicyclic amines) is 1. The van der Waals surface area contributed by atoms with Crippen LogP contribution in [0.15, 0.2) is 51.7 Å². The van der Waals surface area contributed by atoms with Gasteiger partial charge in [-0.15, -0.1) is 5.10 Å². The summed E-state index contributed by atoms with van der Waals surface area (Å²) in [6.45, 7) is 6.67. The summed E-state index contributed by atoms with van der Waals surface area (Å²) in [5.41, 5.74) is 4.64. The molecule has 3 fully saturated rings. The molecule has 246 valence electrons. The van der Waals surface area contributed by atoms with Crippen LogP contribution in [0.4, 0.5) is 5.82 Å².